The highest BCUT2D eigenvalue weighted by Gasteiger charge is 2.11. The second-order valence-electron chi connectivity index (χ2n) is 6.72. The van der Waals surface area contributed by atoms with E-state index < -0.39 is 5.97 Å². The molecular weight excluding hydrogens is 368 g/mol. The lowest BCUT2D eigenvalue weighted by Gasteiger charge is -2.11. The minimum Gasteiger partial charge on any atom is -0.496 e. The lowest BCUT2D eigenvalue weighted by atomic mass is 10.1. The van der Waals surface area contributed by atoms with Crippen molar-refractivity contribution in [1.82, 2.24) is 9.88 Å². The molecule has 2 N–H and O–H groups in total. The SMILES string of the molecule is CCCNC(=O)/C=C/c1ccc2ccn(Cc3ccc(C(=O)O)cc3OC)c2c1. The number of nitrogens with zero attached hydrogens (tertiary/aromatic N) is 1. The van der Waals surface area contributed by atoms with Gasteiger partial charge in [-0.3, -0.25) is 4.79 Å². The summed E-state index contributed by atoms with van der Waals surface area (Å²) in [6, 6.07) is 12.9. The Morgan fingerprint density at radius 1 is 1.17 bits per heavy atom. The van der Waals surface area contributed by atoms with E-state index in [9.17, 15) is 9.59 Å². The molecule has 0 aliphatic carbocycles. The average molecular weight is 392 g/mol. The molecule has 29 heavy (non-hydrogen) atoms. The molecule has 0 unspecified atom stereocenters. The number of rotatable bonds is 8. The standard InChI is InChI=1S/C23H24N2O4/c1-3-11-24-22(26)9-5-16-4-6-17-10-12-25(20(17)13-16)15-19-8-7-18(23(27)28)14-21(19)29-2/h4-10,12-14H,3,11,15H2,1-2H3,(H,24,26)(H,27,28)/b9-5+. The number of carboxylic acids is 1. The summed E-state index contributed by atoms with van der Waals surface area (Å²) in [5, 5.41) is 13.1. The van der Waals surface area contributed by atoms with E-state index in [4.69, 9.17) is 9.84 Å². The van der Waals surface area contributed by atoms with Crippen LogP contribution in [0.4, 0.5) is 0 Å². The number of fused-ring (bicyclic) bond motifs is 1. The Morgan fingerprint density at radius 2 is 2.00 bits per heavy atom. The molecular formula is C23H24N2O4. The number of aromatic carboxylic acids is 1. The van der Waals surface area contributed by atoms with Crippen molar-refractivity contribution in [3.8, 4) is 5.75 Å². The van der Waals surface area contributed by atoms with Crippen LogP contribution in [0.5, 0.6) is 5.75 Å². The minimum atomic E-state index is -0.985. The van der Waals surface area contributed by atoms with Crippen molar-refractivity contribution in [1.29, 1.82) is 0 Å². The zero-order valence-corrected chi connectivity index (χ0v) is 16.5. The number of amides is 1. The van der Waals surface area contributed by atoms with Crippen LogP contribution >= 0.6 is 0 Å². The topological polar surface area (TPSA) is 80.6 Å². The van der Waals surface area contributed by atoms with Gasteiger partial charge < -0.3 is 19.7 Å². The Bertz CT molecular complexity index is 1070. The molecule has 0 radical (unpaired) electrons. The molecule has 1 heterocycles. The van der Waals surface area contributed by atoms with Gasteiger partial charge in [-0.15, -0.1) is 0 Å². The summed E-state index contributed by atoms with van der Waals surface area (Å²) >= 11 is 0. The van der Waals surface area contributed by atoms with Gasteiger partial charge >= 0.3 is 5.97 Å². The smallest absolute Gasteiger partial charge is 0.335 e. The van der Waals surface area contributed by atoms with E-state index in [1.807, 2.05) is 37.4 Å². The van der Waals surface area contributed by atoms with Crippen LogP contribution in [-0.2, 0) is 11.3 Å². The summed E-state index contributed by atoms with van der Waals surface area (Å²) in [7, 11) is 1.53. The van der Waals surface area contributed by atoms with Crippen LogP contribution < -0.4 is 10.1 Å². The van der Waals surface area contributed by atoms with E-state index in [0.29, 0.717) is 18.8 Å². The fourth-order valence-electron chi connectivity index (χ4n) is 3.11. The van der Waals surface area contributed by atoms with E-state index in [-0.39, 0.29) is 11.5 Å². The van der Waals surface area contributed by atoms with Gasteiger partial charge in [0.1, 0.15) is 5.75 Å². The third-order valence-corrected chi connectivity index (χ3v) is 4.65. The molecule has 0 spiro atoms. The largest absolute Gasteiger partial charge is 0.496 e. The molecule has 3 rings (SSSR count). The van der Waals surface area contributed by atoms with E-state index in [1.165, 1.54) is 19.3 Å². The molecule has 0 saturated heterocycles. The number of aromatic nitrogens is 1. The second kappa shape index (κ2) is 9.10. The number of nitrogens with one attached hydrogen (secondary N) is 1. The quantitative estimate of drug-likeness (QED) is 0.569. The van der Waals surface area contributed by atoms with Gasteiger partial charge in [0.15, 0.2) is 0 Å². The van der Waals surface area contributed by atoms with Crippen molar-refractivity contribution in [3.05, 3.63) is 71.4 Å². The number of carboxylic acid groups (broad SMARTS) is 1. The van der Waals surface area contributed by atoms with Crippen LogP contribution in [0.25, 0.3) is 17.0 Å². The Kier molecular flexibility index (Phi) is 6.34. The first-order valence-corrected chi connectivity index (χ1v) is 9.47. The summed E-state index contributed by atoms with van der Waals surface area (Å²) in [6.45, 7) is 3.21. The molecule has 0 fully saturated rings. The van der Waals surface area contributed by atoms with Gasteiger partial charge in [-0.25, -0.2) is 4.79 Å². The summed E-state index contributed by atoms with van der Waals surface area (Å²) in [5.41, 5.74) is 3.02. The minimum absolute atomic E-state index is 0.106. The molecule has 1 amide bonds. The second-order valence-corrected chi connectivity index (χ2v) is 6.72. The molecule has 150 valence electrons. The lowest BCUT2D eigenvalue weighted by Crippen LogP contribution is -2.21. The summed E-state index contributed by atoms with van der Waals surface area (Å²) in [6.07, 6.45) is 6.22. The van der Waals surface area contributed by atoms with Crippen molar-refractivity contribution in [3.63, 3.8) is 0 Å². The van der Waals surface area contributed by atoms with Crippen LogP contribution in [0.1, 0.15) is 34.8 Å². The molecule has 0 saturated carbocycles. The zero-order valence-electron chi connectivity index (χ0n) is 16.5. The van der Waals surface area contributed by atoms with Crippen molar-refractivity contribution in [2.75, 3.05) is 13.7 Å². The number of hydrogen-bond donors (Lipinski definition) is 2. The van der Waals surface area contributed by atoms with E-state index in [0.717, 1.165) is 28.5 Å². The summed E-state index contributed by atoms with van der Waals surface area (Å²) in [5.74, 6) is -0.554. The summed E-state index contributed by atoms with van der Waals surface area (Å²) < 4.78 is 7.46. The molecule has 0 aliphatic rings. The number of hydrogen-bond acceptors (Lipinski definition) is 3. The van der Waals surface area contributed by atoms with Crippen LogP contribution in [0.15, 0.2) is 54.7 Å². The van der Waals surface area contributed by atoms with Gasteiger partial charge in [-0.1, -0.05) is 25.1 Å². The predicted molar refractivity (Wildman–Crippen MR) is 113 cm³/mol. The van der Waals surface area contributed by atoms with Gasteiger partial charge in [-0.05, 0) is 47.7 Å². The van der Waals surface area contributed by atoms with Gasteiger partial charge in [0.05, 0.1) is 19.2 Å². The van der Waals surface area contributed by atoms with Crippen LogP contribution in [-0.4, -0.2) is 35.2 Å². The van der Waals surface area contributed by atoms with Crippen LogP contribution in [0, 0.1) is 0 Å². The van der Waals surface area contributed by atoms with E-state index in [1.54, 1.807) is 18.2 Å². The monoisotopic (exact) mass is 392 g/mol. The average Bonchev–Trinajstić information content (AvgIpc) is 3.12. The zero-order chi connectivity index (χ0) is 20.8. The highest BCUT2D eigenvalue weighted by atomic mass is 16.5. The molecule has 1 aromatic heterocycles. The Balaban J connectivity index is 1.86. The third-order valence-electron chi connectivity index (χ3n) is 4.65. The molecule has 6 nitrogen and oxygen atoms in total. The predicted octanol–water partition coefficient (Wildman–Crippen LogP) is 3.94. The molecule has 0 atom stereocenters. The number of ether oxygens (including phenoxy) is 1. The number of benzene rings is 2. The number of carbonyl (C=O) groups excluding carboxylic acids is 1. The van der Waals surface area contributed by atoms with Crippen molar-refractivity contribution in [2.24, 2.45) is 0 Å². The van der Waals surface area contributed by atoms with Gasteiger partial charge in [0.2, 0.25) is 5.91 Å². The maximum absolute atomic E-state index is 11.8. The maximum atomic E-state index is 11.8. The first-order valence-electron chi connectivity index (χ1n) is 9.47. The van der Waals surface area contributed by atoms with Crippen molar-refractivity contribution >= 4 is 28.9 Å². The molecule has 6 heteroatoms. The first kappa shape index (κ1) is 20.2. The molecule has 3 aromatic rings. The Hall–Kier alpha value is -3.54. The highest BCUT2D eigenvalue weighted by Crippen LogP contribution is 2.25. The lowest BCUT2D eigenvalue weighted by molar-refractivity contribution is -0.116. The molecule has 0 aliphatic heterocycles. The first-order chi connectivity index (χ1) is 14.0. The van der Waals surface area contributed by atoms with Crippen molar-refractivity contribution < 1.29 is 19.4 Å². The van der Waals surface area contributed by atoms with Crippen molar-refractivity contribution in [2.45, 2.75) is 19.9 Å². The fraction of sp³-hybridized carbons (Fsp3) is 0.217. The van der Waals surface area contributed by atoms with Gasteiger partial charge in [0.25, 0.3) is 0 Å². The highest BCUT2D eigenvalue weighted by molar-refractivity contribution is 5.92. The summed E-state index contributed by atoms with van der Waals surface area (Å²) in [4.78, 5) is 23.0. The van der Waals surface area contributed by atoms with E-state index >= 15 is 0 Å². The molecule has 2 aromatic carbocycles. The van der Waals surface area contributed by atoms with Crippen LogP contribution in [0.2, 0.25) is 0 Å². The Morgan fingerprint density at radius 3 is 2.72 bits per heavy atom. The molecule has 0 bridgehead atoms. The van der Waals surface area contributed by atoms with Gasteiger partial charge in [0, 0.05) is 29.9 Å². The Labute approximate surface area is 169 Å². The third kappa shape index (κ3) is 4.85. The normalized spacial score (nSPS) is 11.1. The van der Waals surface area contributed by atoms with E-state index in [2.05, 4.69) is 9.88 Å². The number of carbonyl (C=O) groups is 2. The van der Waals surface area contributed by atoms with Gasteiger partial charge in [-0.2, -0.15) is 0 Å². The number of methoxy groups -OCH3 is 1. The maximum Gasteiger partial charge on any atom is 0.335 e. The van der Waals surface area contributed by atoms with Crippen LogP contribution in [0.3, 0.4) is 0 Å². The fourth-order valence-corrected chi connectivity index (χ4v) is 3.11.